The Morgan fingerprint density at radius 2 is 2.15 bits per heavy atom. The van der Waals surface area contributed by atoms with Gasteiger partial charge >= 0.3 is 0 Å². The molecule has 0 amide bonds. The summed E-state index contributed by atoms with van der Waals surface area (Å²) in [5.74, 6) is 1.35. The Morgan fingerprint density at radius 3 is 2.80 bits per heavy atom. The number of phenols is 1. The monoisotopic (exact) mass is 289 g/mol. The number of anilines is 1. The van der Waals surface area contributed by atoms with E-state index in [1.165, 1.54) is 16.5 Å². The lowest BCUT2D eigenvalue weighted by molar-refractivity contribution is 0.481. The van der Waals surface area contributed by atoms with Gasteiger partial charge in [0.15, 0.2) is 0 Å². The van der Waals surface area contributed by atoms with E-state index < -0.39 is 0 Å². The highest BCUT2D eigenvalue weighted by molar-refractivity contribution is 6.18. The number of benzene rings is 2. The van der Waals surface area contributed by atoms with Crippen molar-refractivity contribution in [1.29, 1.82) is 0 Å². The van der Waals surface area contributed by atoms with E-state index in [1.807, 2.05) is 18.2 Å². The van der Waals surface area contributed by atoms with Gasteiger partial charge in [-0.1, -0.05) is 25.1 Å². The first-order chi connectivity index (χ1) is 9.71. The van der Waals surface area contributed by atoms with Crippen LogP contribution in [0.15, 0.2) is 24.3 Å². The van der Waals surface area contributed by atoms with E-state index >= 15 is 0 Å². The molecule has 0 saturated heterocycles. The summed E-state index contributed by atoms with van der Waals surface area (Å²) >= 11 is 6.20. The van der Waals surface area contributed by atoms with Crippen LogP contribution in [0.5, 0.6) is 5.75 Å². The maximum absolute atomic E-state index is 10.4. The van der Waals surface area contributed by atoms with Crippen LogP contribution in [0.4, 0.5) is 5.69 Å². The molecule has 20 heavy (non-hydrogen) atoms. The predicted molar refractivity (Wildman–Crippen MR) is 86.3 cm³/mol. The predicted octanol–water partition coefficient (Wildman–Crippen LogP) is 4.27. The van der Waals surface area contributed by atoms with Gasteiger partial charge in [-0.3, -0.25) is 0 Å². The summed E-state index contributed by atoms with van der Waals surface area (Å²) < 4.78 is 0. The van der Waals surface area contributed by atoms with Crippen molar-refractivity contribution >= 4 is 28.1 Å². The van der Waals surface area contributed by atoms with Crippen LogP contribution in [0.2, 0.25) is 0 Å². The topological polar surface area (TPSA) is 23.5 Å². The molecule has 0 spiro atoms. The molecule has 2 nitrogen and oxygen atoms in total. The van der Waals surface area contributed by atoms with Crippen molar-refractivity contribution in [1.82, 2.24) is 0 Å². The van der Waals surface area contributed by atoms with Gasteiger partial charge in [-0.2, -0.15) is 0 Å². The highest BCUT2D eigenvalue weighted by Crippen LogP contribution is 2.46. The molecule has 0 bridgehead atoms. The Hall–Kier alpha value is -1.41. The lowest BCUT2D eigenvalue weighted by Crippen LogP contribution is -2.21. The van der Waals surface area contributed by atoms with Crippen LogP contribution in [0.25, 0.3) is 10.8 Å². The molecule has 1 atom stereocenters. The number of rotatable bonds is 3. The second kappa shape index (κ2) is 5.17. The van der Waals surface area contributed by atoms with Gasteiger partial charge in [0.25, 0.3) is 0 Å². The molecule has 0 aromatic heterocycles. The Morgan fingerprint density at radius 1 is 1.35 bits per heavy atom. The van der Waals surface area contributed by atoms with Crippen molar-refractivity contribution < 1.29 is 5.11 Å². The summed E-state index contributed by atoms with van der Waals surface area (Å²) in [5.41, 5.74) is 3.78. The summed E-state index contributed by atoms with van der Waals surface area (Å²) in [6.45, 7) is 6.20. The maximum Gasteiger partial charge on any atom is 0.125 e. The normalized spacial score (nSPS) is 17.8. The molecule has 1 aliphatic heterocycles. The Balaban J connectivity index is 2.39. The van der Waals surface area contributed by atoms with Crippen LogP contribution in [-0.2, 0) is 6.42 Å². The first-order valence-corrected chi connectivity index (χ1v) is 7.83. The highest BCUT2D eigenvalue weighted by Gasteiger charge is 2.30. The smallest absolute Gasteiger partial charge is 0.125 e. The molecule has 1 N–H and O–H groups in total. The van der Waals surface area contributed by atoms with E-state index in [4.69, 9.17) is 11.6 Å². The molecule has 2 aromatic rings. The molecule has 2 aromatic carbocycles. The SMILES string of the molecule is CCc1cccc2c(O)cc3c(c12)[C@H](CCl)CN3CC. The average molecular weight is 290 g/mol. The second-order valence-electron chi connectivity index (χ2n) is 5.41. The van der Waals surface area contributed by atoms with Crippen molar-refractivity contribution in [2.45, 2.75) is 26.2 Å². The molecule has 0 unspecified atom stereocenters. The highest BCUT2D eigenvalue weighted by atomic mass is 35.5. The third-order valence-electron chi connectivity index (χ3n) is 4.38. The molecule has 1 heterocycles. The fourth-order valence-corrected chi connectivity index (χ4v) is 3.65. The second-order valence-corrected chi connectivity index (χ2v) is 5.72. The van der Waals surface area contributed by atoms with E-state index in [2.05, 4.69) is 24.8 Å². The molecule has 0 aliphatic carbocycles. The van der Waals surface area contributed by atoms with E-state index in [9.17, 15) is 5.11 Å². The van der Waals surface area contributed by atoms with Crippen molar-refractivity contribution in [3.8, 4) is 5.75 Å². The van der Waals surface area contributed by atoms with Crippen LogP contribution in [-0.4, -0.2) is 24.1 Å². The molecule has 0 fully saturated rings. The summed E-state index contributed by atoms with van der Waals surface area (Å²) in [5, 5.41) is 12.5. The standard InChI is InChI=1S/C17H20ClNO/c1-3-11-6-5-7-13-15(20)8-14-17(16(11)13)12(9-18)10-19(14)4-2/h5-8,12,20H,3-4,9-10H2,1-2H3/t12-/m1/s1. The van der Waals surface area contributed by atoms with Crippen LogP contribution in [0.3, 0.4) is 0 Å². The van der Waals surface area contributed by atoms with Gasteiger partial charge in [0.05, 0.1) is 0 Å². The van der Waals surface area contributed by atoms with Gasteiger partial charge in [-0.05, 0) is 29.9 Å². The minimum atomic E-state index is 0.349. The van der Waals surface area contributed by atoms with Gasteiger partial charge < -0.3 is 10.0 Å². The molecular formula is C17H20ClNO. The average Bonchev–Trinajstić information content (AvgIpc) is 2.84. The molecule has 1 aliphatic rings. The van der Waals surface area contributed by atoms with E-state index in [-0.39, 0.29) is 0 Å². The Kier molecular flexibility index (Phi) is 3.51. The van der Waals surface area contributed by atoms with Crippen molar-refractivity contribution in [2.75, 3.05) is 23.9 Å². The zero-order valence-electron chi connectivity index (χ0n) is 12.0. The molecule has 3 heteroatoms. The van der Waals surface area contributed by atoms with Crippen molar-refractivity contribution in [3.63, 3.8) is 0 Å². The largest absolute Gasteiger partial charge is 0.507 e. The number of aromatic hydroxyl groups is 1. The number of aryl methyl sites for hydroxylation is 1. The lowest BCUT2D eigenvalue weighted by Gasteiger charge is -2.18. The lowest BCUT2D eigenvalue weighted by atomic mass is 9.91. The number of fused-ring (bicyclic) bond motifs is 3. The van der Waals surface area contributed by atoms with Gasteiger partial charge in [0.1, 0.15) is 5.75 Å². The van der Waals surface area contributed by atoms with Gasteiger partial charge in [-0.25, -0.2) is 0 Å². The number of hydrogen-bond acceptors (Lipinski definition) is 2. The molecule has 0 radical (unpaired) electrons. The minimum absolute atomic E-state index is 0.349. The van der Waals surface area contributed by atoms with Crippen LogP contribution in [0, 0.1) is 0 Å². The molecule has 0 saturated carbocycles. The van der Waals surface area contributed by atoms with E-state index in [0.29, 0.717) is 17.5 Å². The van der Waals surface area contributed by atoms with E-state index in [1.54, 1.807) is 0 Å². The van der Waals surface area contributed by atoms with Gasteiger partial charge in [0, 0.05) is 42.0 Å². The number of hydrogen-bond donors (Lipinski definition) is 1. The Labute approximate surface area is 125 Å². The number of likely N-dealkylation sites (N-methyl/N-ethyl adjacent to an activating group) is 1. The van der Waals surface area contributed by atoms with Crippen LogP contribution >= 0.6 is 11.6 Å². The fourth-order valence-electron chi connectivity index (χ4n) is 3.40. The number of nitrogens with zero attached hydrogens (tertiary/aromatic N) is 1. The summed E-state index contributed by atoms with van der Waals surface area (Å²) in [6.07, 6.45) is 0.967. The summed E-state index contributed by atoms with van der Waals surface area (Å²) in [7, 11) is 0. The number of phenolic OH excluding ortho intramolecular Hbond substituents is 1. The number of halogens is 1. The zero-order chi connectivity index (χ0) is 14.3. The molecule has 106 valence electrons. The Bertz CT molecular complexity index is 653. The quantitative estimate of drug-likeness (QED) is 0.853. The third-order valence-corrected chi connectivity index (χ3v) is 4.76. The molecular weight excluding hydrogens is 270 g/mol. The third kappa shape index (κ3) is 1.86. The van der Waals surface area contributed by atoms with Crippen molar-refractivity contribution in [2.24, 2.45) is 0 Å². The maximum atomic E-state index is 10.4. The first-order valence-electron chi connectivity index (χ1n) is 7.29. The van der Waals surface area contributed by atoms with E-state index in [0.717, 1.165) is 30.6 Å². The minimum Gasteiger partial charge on any atom is -0.507 e. The number of alkyl halides is 1. The van der Waals surface area contributed by atoms with Crippen LogP contribution < -0.4 is 4.90 Å². The molecule has 3 rings (SSSR count). The van der Waals surface area contributed by atoms with Crippen molar-refractivity contribution in [3.05, 3.63) is 35.4 Å². The fraction of sp³-hybridized carbons (Fsp3) is 0.412. The van der Waals surface area contributed by atoms with Crippen LogP contribution in [0.1, 0.15) is 30.9 Å². The first kappa shape index (κ1) is 13.6. The van der Waals surface area contributed by atoms with Gasteiger partial charge in [-0.15, -0.1) is 11.6 Å². The summed E-state index contributed by atoms with van der Waals surface area (Å²) in [4.78, 5) is 2.31. The summed E-state index contributed by atoms with van der Waals surface area (Å²) in [6, 6.07) is 8.09. The zero-order valence-corrected chi connectivity index (χ0v) is 12.7. The van der Waals surface area contributed by atoms with Gasteiger partial charge in [0.2, 0.25) is 0 Å².